The first kappa shape index (κ1) is 20.0. The lowest BCUT2D eigenvalue weighted by Crippen LogP contribution is -2.39. The van der Waals surface area contributed by atoms with Crippen molar-refractivity contribution in [2.24, 2.45) is 0 Å². The van der Waals surface area contributed by atoms with E-state index < -0.39 is 6.61 Å². The molecule has 2 aromatic carbocycles. The molecule has 1 aromatic heterocycles. The molecular formula is C22H20F3N3O2. The molecule has 1 aliphatic rings. The van der Waals surface area contributed by atoms with Crippen molar-refractivity contribution < 1.29 is 22.7 Å². The van der Waals surface area contributed by atoms with E-state index >= 15 is 0 Å². The highest BCUT2D eigenvalue weighted by atomic mass is 19.3. The SMILES string of the molecule is O=C(c1ccc(OC(F)F)cc1)N1CCCCC1c1ncc(-c2cccc(F)c2)[nH]1. The van der Waals surface area contributed by atoms with Gasteiger partial charge in [0.05, 0.1) is 17.9 Å². The number of rotatable bonds is 5. The van der Waals surface area contributed by atoms with E-state index in [4.69, 9.17) is 0 Å². The Hall–Kier alpha value is -3.29. The number of piperidine rings is 1. The first-order chi connectivity index (χ1) is 14.5. The van der Waals surface area contributed by atoms with Crippen LogP contribution in [0, 0.1) is 5.82 Å². The Morgan fingerprint density at radius 1 is 1.17 bits per heavy atom. The van der Waals surface area contributed by atoms with Crippen LogP contribution in [0.5, 0.6) is 5.75 Å². The third kappa shape index (κ3) is 4.32. The molecule has 8 heteroatoms. The van der Waals surface area contributed by atoms with Crippen LogP contribution in [0.4, 0.5) is 13.2 Å². The van der Waals surface area contributed by atoms with Gasteiger partial charge in [-0.3, -0.25) is 4.79 Å². The van der Waals surface area contributed by atoms with Crippen LogP contribution in [0.15, 0.2) is 54.7 Å². The number of aromatic amines is 1. The molecule has 156 valence electrons. The Kier molecular flexibility index (Phi) is 5.74. The van der Waals surface area contributed by atoms with E-state index in [2.05, 4.69) is 14.7 Å². The molecule has 30 heavy (non-hydrogen) atoms. The van der Waals surface area contributed by atoms with Crippen LogP contribution in [0.2, 0.25) is 0 Å². The van der Waals surface area contributed by atoms with Crippen molar-refractivity contribution in [3.8, 4) is 17.0 Å². The second kappa shape index (κ2) is 8.61. The minimum Gasteiger partial charge on any atom is -0.435 e. The molecule has 5 nitrogen and oxygen atoms in total. The highest BCUT2D eigenvalue weighted by molar-refractivity contribution is 5.94. The first-order valence-corrected chi connectivity index (χ1v) is 9.68. The number of imidazole rings is 1. The number of H-pyrrole nitrogens is 1. The number of carbonyl (C=O) groups is 1. The van der Waals surface area contributed by atoms with E-state index in [1.54, 1.807) is 23.2 Å². The molecule has 2 heterocycles. The largest absolute Gasteiger partial charge is 0.435 e. The Morgan fingerprint density at radius 2 is 1.97 bits per heavy atom. The molecule has 1 N–H and O–H groups in total. The van der Waals surface area contributed by atoms with E-state index in [1.165, 1.54) is 36.4 Å². The summed E-state index contributed by atoms with van der Waals surface area (Å²) < 4.78 is 42.5. The van der Waals surface area contributed by atoms with Gasteiger partial charge in [-0.1, -0.05) is 12.1 Å². The Morgan fingerprint density at radius 3 is 2.70 bits per heavy atom. The van der Waals surface area contributed by atoms with Crippen LogP contribution >= 0.6 is 0 Å². The molecule has 3 aromatic rings. The minimum atomic E-state index is -2.91. The van der Waals surface area contributed by atoms with Crippen molar-refractivity contribution in [2.75, 3.05) is 6.54 Å². The van der Waals surface area contributed by atoms with Crippen LogP contribution in [-0.4, -0.2) is 33.9 Å². The molecule has 0 aliphatic carbocycles. The van der Waals surface area contributed by atoms with Gasteiger partial charge in [0.25, 0.3) is 5.91 Å². The second-order valence-electron chi connectivity index (χ2n) is 7.11. The average molecular weight is 415 g/mol. The van der Waals surface area contributed by atoms with Crippen LogP contribution in [-0.2, 0) is 0 Å². The van der Waals surface area contributed by atoms with Crippen molar-refractivity contribution in [1.82, 2.24) is 14.9 Å². The van der Waals surface area contributed by atoms with Gasteiger partial charge in [-0.15, -0.1) is 0 Å². The molecule has 0 spiro atoms. The van der Waals surface area contributed by atoms with Crippen LogP contribution < -0.4 is 4.74 Å². The number of benzene rings is 2. The summed E-state index contributed by atoms with van der Waals surface area (Å²) in [7, 11) is 0. The fourth-order valence-corrected chi connectivity index (χ4v) is 3.71. The summed E-state index contributed by atoms with van der Waals surface area (Å²) in [5.74, 6) is 0.104. The lowest BCUT2D eigenvalue weighted by atomic mass is 10.00. The van der Waals surface area contributed by atoms with E-state index in [0.717, 1.165) is 19.3 Å². The normalized spacial score (nSPS) is 16.7. The second-order valence-corrected chi connectivity index (χ2v) is 7.11. The van der Waals surface area contributed by atoms with Crippen LogP contribution in [0.25, 0.3) is 11.3 Å². The van der Waals surface area contributed by atoms with Gasteiger partial charge in [0.2, 0.25) is 0 Å². The van der Waals surface area contributed by atoms with Gasteiger partial charge in [-0.05, 0) is 55.7 Å². The van der Waals surface area contributed by atoms with Crippen LogP contribution in [0.3, 0.4) is 0 Å². The molecule has 1 aliphatic heterocycles. The third-order valence-corrected chi connectivity index (χ3v) is 5.14. The number of nitrogens with one attached hydrogen (secondary N) is 1. The molecule has 1 atom stereocenters. The molecule has 0 saturated carbocycles. The maximum absolute atomic E-state index is 13.5. The molecule has 1 amide bonds. The fourth-order valence-electron chi connectivity index (χ4n) is 3.71. The van der Waals surface area contributed by atoms with Crippen molar-refractivity contribution in [1.29, 1.82) is 0 Å². The van der Waals surface area contributed by atoms with E-state index in [0.29, 0.717) is 29.2 Å². The van der Waals surface area contributed by atoms with Crippen molar-refractivity contribution in [2.45, 2.75) is 31.9 Å². The molecule has 1 unspecified atom stereocenters. The number of aromatic nitrogens is 2. The Balaban J connectivity index is 1.55. The number of amides is 1. The summed E-state index contributed by atoms with van der Waals surface area (Å²) in [6.45, 7) is -2.35. The number of likely N-dealkylation sites (tertiary alicyclic amines) is 1. The maximum atomic E-state index is 13.5. The van der Waals surface area contributed by atoms with Gasteiger partial charge >= 0.3 is 6.61 Å². The number of hydrogen-bond donors (Lipinski definition) is 1. The number of carbonyl (C=O) groups excluding carboxylic acids is 1. The van der Waals surface area contributed by atoms with E-state index in [1.807, 2.05) is 0 Å². The lowest BCUT2D eigenvalue weighted by molar-refractivity contribution is -0.0498. The zero-order valence-electron chi connectivity index (χ0n) is 16.0. The number of nitrogens with zero attached hydrogens (tertiary/aromatic N) is 2. The topological polar surface area (TPSA) is 58.2 Å². The summed E-state index contributed by atoms with van der Waals surface area (Å²) in [5, 5.41) is 0. The first-order valence-electron chi connectivity index (χ1n) is 9.68. The highest BCUT2D eigenvalue weighted by Gasteiger charge is 2.30. The summed E-state index contributed by atoms with van der Waals surface area (Å²) in [6, 6.07) is 11.6. The third-order valence-electron chi connectivity index (χ3n) is 5.14. The lowest BCUT2D eigenvalue weighted by Gasteiger charge is -2.34. The zero-order chi connectivity index (χ0) is 21.1. The minimum absolute atomic E-state index is 0.00233. The maximum Gasteiger partial charge on any atom is 0.387 e. The molecule has 1 saturated heterocycles. The van der Waals surface area contributed by atoms with Crippen molar-refractivity contribution in [3.63, 3.8) is 0 Å². The Bertz CT molecular complexity index is 1020. The van der Waals surface area contributed by atoms with Gasteiger partial charge in [-0.25, -0.2) is 9.37 Å². The summed E-state index contributed by atoms with van der Waals surface area (Å²) in [6.07, 6.45) is 4.20. The highest BCUT2D eigenvalue weighted by Crippen LogP contribution is 2.32. The molecule has 0 bridgehead atoms. The predicted octanol–water partition coefficient (Wildman–Crippen LogP) is 5.18. The molecule has 1 fully saturated rings. The van der Waals surface area contributed by atoms with Gasteiger partial charge in [0.1, 0.15) is 17.4 Å². The van der Waals surface area contributed by atoms with Crippen LogP contribution in [0.1, 0.15) is 41.5 Å². The van der Waals surface area contributed by atoms with Gasteiger partial charge in [0.15, 0.2) is 0 Å². The van der Waals surface area contributed by atoms with Gasteiger partial charge < -0.3 is 14.6 Å². The molecule has 0 radical (unpaired) electrons. The Labute approximate surface area is 171 Å². The number of alkyl halides is 2. The van der Waals surface area contributed by atoms with Crippen molar-refractivity contribution in [3.05, 3.63) is 71.9 Å². The molecule has 4 rings (SSSR count). The number of halogens is 3. The zero-order valence-corrected chi connectivity index (χ0v) is 16.0. The number of hydrogen-bond acceptors (Lipinski definition) is 3. The van der Waals surface area contributed by atoms with E-state index in [9.17, 15) is 18.0 Å². The average Bonchev–Trinajstić information content (AvgIpc) is 3.24. The quantitative estimate of drug-likeness (QED) is 0.624. The number of ether oxygens (including phenoxy) is 1. The molecular weight excluding hydrogens is 395 g/mol. The van der Waals surface area contributed by atoms with Gasteiger partial charge in [-0.2, -0.15) is 8.78 Å². The summed E-state index contributed by atoms with van der Waals surface area (Å²) in [5.41, 5.74) is 1.74. The fraction of sp³-hybridized carbons (Fsp3) is 0.273. The standard InChI is InChI=1S/C22H20F3N3O2/c23-16-5-3-4-15(12-16)18-13-26-20(27-18)19-6-1-2-11-28(19)21(29)14-7-9-17(10-8-14)30-22(24)25/h3-5,7-10,12-13,19,22H,1-2,6,11H2,(H,26,27). The predicted molar refractivity (Wildman–Crippen MR) is 105 cm³/mol. The monoisotopic (exact) mass is 415 g/mol. The summed E-state index contributed by atoms with van der Waals surface area (Å²) in [4.78, 5) is 22.5. The summed E-state index contributed by atoms with van der Waals surface area (Å²) >= 11 is 0. The van der Waals surface area contributed by atoms with E-state index in [-0.39, 0.29) is 23.5 Å². The van der Waals surface area contributed by atoms with Gasteiger partial charge in [0, 0.05) is 17.7 Å². The smallest absolute Gasteiger partial charge is 0.387 e. The van der Waals surface area contributed by atoms with Crippen molar-refractivity contribution >= 4 is 5.91 Å².